The third-order valence-electron chi connectivity index (χ3n) is 6.64. The maximum atomic E-state index is 14.0. The Morgan fingerprint density at radius 2 is 2.03 bits per heavy atom. The van der Waals surface area contributed by atoms with Gasteiger partial charge in [0.15, 0.2) is 0 Å². The van der Waals surface area contributed by atoms with E-state index in [4.69, 9.17) is 26.1 Å². The SMILES string of the molecule is Fc1cc(Cl)ccc1COc1cccc(C2CCN(CC3=CC=C[SH]3CC3CCO3)CC2)n1. The molecule has 1 aromatic carbocycles. The first-order valence-electron chi connectivity index (χ1n) is 11.7. The van der Waals surface area contributed by atoms with E-state index < -0.39 is 0 Å². The Bertz CT molecular complexity index is 1030. The van der Waals surface area contributed by atoms with Crippen LogP contribution in [0, 0.1) is 5.82 Å². The Balaban J connectivity index is 1.12. The lowest BCUT2D eigenvalue weighted by Gasteiger charge is -2.35. The second kappa shape index (κ2) is 10.6. The van der Waals surface area contributed by atoms with Gasteiger partial charge in [-0.2, -0.15) is 0 Å². The summed E-state index contributed by atoms with van der Waals surface area (Å²) in [7, 11) is -0.164. The zero-order valence-electron chi connectivity index (χ0n) is 18.6. The number of ether oxygens (including phenoxy) is 2. The minimum Gasteiger partial charge on any atom is -0.473 e. The second-order valence-electron chi connectivity index (χ2n) is 8.91. The average Bonchev–Trinajstić information content (AvgIpc) is 3.23. The molecule has 0 radical (unpaired) electrons. The van der Waals surface area contributed by atoms with Crippen LogP contribution in [0.3, 0.4) is 0 Å². The molecule has 0 bridgehead atoms. The van der Waals surface area contributed by atoms with Gasteiger partial charge in [-0.3, -0.25) is 4.90 Å². The molecule has 33 heavy (non-hydrogen) atoms. The quantitative estimate of drug-likeness (QED) is 0.474. The van der Waals surface area contributed by atoms with E-state index in [9.17, 15) is 4.39 Å². The molecule has 0 aliphatic carbocycles. The molecule has 0 spiro atoms. The fraction of sp³-hybridized carbons (Fsp3) is 0.423. The number of allylic oxidation sites excluding steroid dienone is 2. The largest absolute Gasteiger partial charge is 0.473 e. The van der Waals surface area contributed by atoms with E-state index in [1.807, 2.05) is 12.1 Å². The van der Waals surface area contributed by atoms with E-state index in [0.717, 1.165) is 44.8 Å². The first-order valence-corrected chi connectivity index (χ1v) is 13.6. The summed E-state index contributed by atoms with van der Waals surface area (Å²) in [6, 6.07) is 10.5. The van der Waals surface area contributed by atoms with Crippen LogP contribution in [0.15, 0.2) is 58.9 Å². The van der Waals surface area contributed by atoms with Crippen molar-refractivity contribution in [1.82, 2.24) is 9.88 Å². The third kappa shape index (κ3) is 5.80. The predicted molar refractivity (Wildman–Crippen MR) is 134 cm³/mol. The molecule has 176 valence electrons. The maximum Gasteiger partial charge on any atom is 0.213 e. The smallest absolute Gasteiger partial charge is 0.213 e. The standard InChI is InChI=1S/C26H30ClFN2O2S/c27-21-7-6-20(24(28)15-21)17-32-26-5-1-4-25(29-26)19-8-11-30(12-9-19)16-23-3-2-14-33(23)18-22-10-13-31-22/h1-7,14-15,19,22,33H,8-13,16-18H2. The Morgan fingerprint density at radius 3 is 2.79 bits per heavy atom. The van der Waals surface area contributed by atoms with Crippen LogP contribution in [0.5, 0.6) is 5.88 Å². The molecule has 4 nitrogen and oxygen atoms in total. The number of benzene rings is 1. The minimum atomic E-state index is -0.359. The van der Waals surface area contributed by atoms with Gasteiger partial charge < -0.3 is 9.47 Å². The molecule has 4 heterocycles. The maximum absolute atomic E-state index is 14.0. The molecular weight excluding hydrogens is 459 g/mol. The third-order valence-corrected chi connectivity index (χ3v) is 9.24. The molecule has 0 N–H and O–H groups in total. The Morgan fingerprint density at radius 1 is 1.18 bits per heavy atom. The van der Waals surface area contributed by atoms with Crippen LogP contribution in [0.1, 0.15) is 36.4 Å². The number of rotatable bonds is 8. The molecule has 5 rings (SSSR count). The normalized spacial score (nSPS) is 24.5. The second-order valence-corrected chi connectivity index (χ2v) is 11.5. The first kappa shape index (κ1) is 22.9. The fourth-order valence-electron chi connectivity index (χ4n) is 4.56. The number of likely N-dealkylation sites (tertiary alicyclic amines) is 1. The molecule has 0 amide bonds. The van der Waals surface area contributed by atoms with Crippen LogP contribution in [0.2, 0.25) is 5.02 Å². The first-order chi connectivity index (χ1) is 16.1. The highest BCUT2D eigenvalue weighted by Gasteiger charge is 2.26. The van der Waals surface area contributed by atoms with Gasteiger partial charge in [-0.25, -0.2) is 20.3 Å². The van der Waals surface area contributed by atoms with Gasteiger partial charge in [-0.1, -0.05) is 35.9 Å². The predicted octanol–water partition coefficient (Wildman–Crippen LogP) is 5.83. The molecule has 2 unspecified atom stereocenters. The van der Waals surface area contributed by atoms with Crippen molar-refractivity contribution >= 4 is 22.5 Å². The van der Waals surface area contributed by atoms with Gasteiger partial charge in [-0.15, -0.1) is 0 Å². The van der Waals surface area contributed by atoms with Crippen LogP contribution in [0.4, 0.5) is 4.39 Å². The van der Waals surface area contributed by atoms with Crippen molar-refractivity contribution in [1.29, 1.82) is 0 Å². The summed E-state index contributed by atoms with van der Waals surface area (Å²) in [4.78, 5) is 8.89. The number of pyridine rings is 1. The van der Waals surface area contributed by atoms with Crippen molar-refractivity contribution in [3.63, 3.8) is 0 Å². The summed E-state index contributed by atoms with van der Waals surface area (Å²) in [5.74, 6) is 1.79. The number of piperidine rings is 1. The monoisotopic (exact) mass is 488 g/mol. The summed E-state index contributed by atoms with van der Waals surface area (Å²) in [5.41, 5.74) is 1.54. The summed E-state index contributed by atoms with van der Waals surface area (Å²) in [6.07, 6.45) is 8.43. The Hall–Kier alpha value is -1.86. The fourth-order valence-corrected chi connectivity index (χ4v) is 6.95. The lowest BCUT2D eigenvalue weighted by Crippen LogP contribution is -2.35. The van der Waals surface area contributed by atoms with Gasteiger partial charge in [0, 0.05) is 47.2 Å². The topological polar surface area (TPSA) is 34.6 Å². The number of thiol groups is 1. The van der Waals surface area contributed by atoms with Gasteiger partial charge in [0.05, 0.1) is 6.10 Å². The summed E-state index contributed by atoms with van der Waals surface area (Å²) < 4.78 is 25.5. The number of hydrogen-bond acceptors (Lipinski definition) is 4. The van der Waals surface area contributed by atoms with Gasteiger partial charge in [0.1, 0.15) is 12.4 Å². The lowest BCUT2D eigenvalue weighted by atomic mass is 9.93. The van der Waals surface area contributed by atoms with Crippen LogP contribution in [0.25, 0.3) is 0 Å². The van der Waals surface area contributed by atoms with E-state index in [1.54, 1.807) is 17.0 Å². The molecule has 3 aliphatic rings. The average molecular weight is 489 g/mol. The Labute approximate surface area is 202 Å². The van der Waals surface area contributed by atoms with Gasteiger partial charge in [-0.05, 0) is 60.9 Å². The van der Waals surface area contributed by atoms with E-state index in [0.29, 0.717) is 28.5 Å². The summed E-state index contributed by atoms with van der Waals surface area (Å²) in [6.45, 7) is 4.29. The van der Waals surface area contributed by atoms with Crippen LogP contribution in [-0.4, -0.2) is 48.0 Å². The van der Waals surface area contributed by atoms with Crippen molar-refractivity contribution in [2.24, 2.45) is 0 Å². The van der Waals surface area contributed by atoms with Crippen molar-refractivity contribution < 1.29 is 13.9 Å². The highest BCUT2D eigenvalue weighted by molar-refractivity contribution is 8.23. The molecule has 3 aliphatic heterocycles. The van der Waals surface area contributed by atoms with E-state index in [1.165, 1.54) is 18.2 Å². The van der Waals surface area contributed by atoms with Gasteiger partial charge >= 0.3 is 0 Å². The van der Waals surface area contributed by atoms with Crippen LogP contribution < -0.4 is 4.74 Å². The zero-order valence-corrected chi connectivity index (χ0v) is 20.3. The van der Waals surface area contributed by atoms with Crippen molar-refractivity contribution in [2.45, 2.75) is 37.9 Å². The minimum absolute atomic E-state index is 0.135. The number of hydrogen-bond donors (Lipinski definition) is 1. The van der Waals surface area contributed by atoms with E-state index >= 15 is 0 Å². The molecular formula is C26H30ClFN2O2S. The highest BCUT2D eigenvalue weighted by atomic mass is 35.5. The molecule has 0 saturated carbocycles. The van der Waals surface area contributed by atoms with E-state index in [-0.39, 0.29) is 23.3 Å². The molecule has 2 saturated heterocycles. The van der Waals surface area contributed by atoms with Gasteiger partial charge in [0.25, 0.3) is 0 Å². The number of aromatic nitrogens is 1. The van der Waals surface area contributed by atoms with Crippen LogP contribution >= 0.6 is 22.5 Å². The summed E-state index contributed by atoms with van der Waals surface area (Å²) in [5, 5.41) is 2.77. The number of nitrogens with zero attached hydrogens (tertiary/aromatic N) is 2. The van der Waals surface area contributed by atoms with Gasteiger partial charge in [0.2, 0.25) is 5.88 Å². The molecule has 2 aromatic rings. The molecule has 7 heteroatoms. The lowest BCUT2D eigenvalue weighted by molar-refractivity contribution is -0.0344. The number of halogens is 2. The van der Waals surface area contributed by atoms with E-state index in [2.05, 4.69) is 28.5 Å². The van der Waals surface area contributed by atoms with Crippen molar-refractivity contribution in [2.75, 3.05) is 32.0 Å². The Kier molecular flexibility index (Phi) is 7.36. The van der Waals surface area contributed by atoms with Crippen molar-refractivity contribution in [3.8, 4) is 5.88 Å². The van der Waals surface area contributed by atoms with Crippen molar-refractivity contribution in [3.05, 3.63) is 81.0 Å². The zero-order chi connectivity index (χ0) is 22.6. The molecule has 2 fully saturated rings. The van der Waals surface area contributed by atoms with Crippen LogP contribution in [-0.2, 0) is 11.3 Å². The molecule has 1 aromatic heterocycles. The molecule has 2 atom stereocenters. The highest BCUT2D eigenvalue weighted by Crippen LogP contribution is 2.44. The summed E-state index contributed by atoms with van der Waals surface area (Å²) >= 11 is 5.83.